The Bertz CT molecular complexity index is 787. The molecule has 0 amide bonds. The summed E-state index contributed by atoms with van der Waals surface area (Å²) in [5.41, 5.74) is 5.49. The van der Waals surface area contributed by atoms with E-state index in [2.05, 4.69) is 28.0 Å². The third kappa shape index (κ3) is 2.57. The van der Waals surface area contributed by atoms with Crippen molar-refractivity contribution in [2.24, 2.45) is 0 Å². The lowest BCUT2D eigenvalue weighted by Gasteiger charge is -2.30. The number of hydrogen-bond donors (Lipinski definition) is 1. The molecule has 0 saturated carbocycles. The molecule has 23 heavy (non-hydrogen) atoms. The molecule has 0 unspecified atom stereocenters. The van der Waals surface area contributed by atoms with Gasteiger partial charge in [-0.05, 0) is 32.4 Å². The minimum atomic E-state index is -0.0610. The van der Waals surface area contributed by atoms with Crippen LogP contribution >= 0.6 is 0 Å². The van der Waals surface area contributed by atoms with E-state index >= 15 is 0 Å². The van der Waals surface area contributed by atoms with Crippen LogP contribution in [0, 0.1) is 25.2 Å². The maximum Gasteiger partial charge on any atom is 0.147 e. The smallest absolute Gasteiger partial charge is 0.147 e. The summed E-state index contributed by atoms with van der Waals surface area (Å²) in [6.45, 7) is 8.12. The number of rotatable bonds is 3. The Kier molecular flexibility index (Phi) is 4.05. The van der Waals surface area contributed by atoms with Gasteiger partial charge in [0.05, 0.1) is 17.9 Å². The molecule has 0 saturated heterocycles. The van der Waals surface area contributed by atoms with Crippen LogP contribution in [-0.4, -0.2) is 26.4 Å². The van der Waals surface area contributed by atoms with Gasteiger partial charge in [-0.15, -0.1) is 0 Å². The highest BCUT2D eigenvalue weighted by atomic mass is 16.3. The number of pyridine rings is 1. The number of fused-ring (bicyclic) bond motifs is 1. The molecule has 3 heterocycles. The first kappa shape index (κ1) is 15.5. The third-order valence-electron chi connectivity index (χ3n) is 4.40. The largest absolute Gasteiger partial charge is 0.390 e. The summed E-state index contributed by atoms with van der Waals surface area (Å²) in [7, 11) is 0. The summed E-state index contributed by atoms with van der Waals surface area (Å²) >= 11 is 0. The number of nitrogens with zero attached hydrogens (tertiary/aromatic N) is 5. The molecule has 1 N–H and O–H groups in total. The fourth-order valence-electron chi connectivity index (χ4n) is 3.32. The van der Waals surface area contributed by atoms with E-state index in [9.17, 15) is 10.4 Å². The number of aryl methyl sites for hydroxylation is 3. The molecule has 120 valence electrons. The molecular formula is C17H21N5O. The monoisotopic (exact) mass is 311 g/mol. The molecule has 6 heteroatoms. The second-order valence-corrected chi connectivity index (χ2v) is 5.91. The second kappa shape index (κ2) is 6.01. The summed E-state index contributed by atoms with van der Waals surface area (Å²) < 4.78 is 1.97. The number of anilines is 1. The van der Waals surface area contributed by atoms with E-state index in [0.717, 1.165) is 47.8 Å². The number of hydrogen-bond acceptors (Lipinski definition) is 5. The van der Waals surface area contributed by atoms with E-state index in [1.54, 1.807) is 0 Å². The SMILES string of the molecule is CCn1nc(CO)c2c1CCN(c1nc(C)cc(C)c1C#N)C2. The highest BCUT2D eigenvalue weighted by molar-refractivity contribution is 5.59. The molecule has 0 radical (unpaired) electrons. The zero-order chi connectivity index (χ0) is 16.6. The zero-order valence-corrected chi connectivity index (χ0v) is 13.8. The van der Waals surface area contributed by atoms with Crippen LogP contribution in [0.25, 0.3) is 0 Å². The average Bonchev–Trinajstić information content (AvgIpc) is 2.91. The van der Waals surface area contributed by atoms with Gasteiger partial charge in [-0.2, -0.15) is 10.4 Å². The quantitative estimate of drug-likeness (QED) is 0.936. The topological polar surface area (TPSA) is 78.0 Å². The van der Waals surface area contributed by atoms with E-state index < -0.39 is 0 Å². The van der Waals surface area contributed by atoms with Gasteiger partial charge >= 0.3 is 0 Å². The van der Waals surface area contributed by atoms with Gasteiger partial charge in [0.25, 0.3) is 0 Å². The first-order chi connectivity index (χ1) is 11.1. The van der Waals surface area contributed by atoms with Crippen LogP contribution < -0.4 is 4.90 Å². The average molecular weight is 311 g/mol. The summed E-state index contributed by atoms with van der Waals surface area (Å²) in [6, 6.07) is 4.22. The van der Waals surface area contributed by atoms with Gasteiger partial charge in [0, 0.05) is 43.0 Å². The van der Waals surface area contributed by atoms with E-state index in [-0.39, 0.29) is 6.61 Å². The first-order valence-electron chi connectivity index (χ1n) is 7.90. The van der Waals surface area contributed by atoms with E-state index in [1.165, 1.54) is 5.69 Å². The Morgan fingerprint density at radius 3 is 2.83 bits per heavy atom. The highest BCUT2D eigenvalue weighted by Crippen LogP contribution is 2.29. The normalized spacial score (nSPS) is 13.8. The molecule has 1 aliphatic rings. The van der Waals surface area contributed by atoms with E-state index in [0.29, 0.717) is 12.1 Å². The van der Waals surface area contributed by atoms with Crippen molar-refractivity contribution in [2.75, 3.05) is 11.4 Å². The standard InChI is InChI=1S/C17H21N5O/c1-4-22-16-5-6-21(9-14(16)15(10-23)20-22)17-13(8-18)11(2)7-12(3)19-17/h7,23H,4-6,9-10H2,1-3H3. The highest BCUT2D eigenvalue weighted by Gasteiger charge is 2.26. The molecule has 3 rings (SSSR count). The van der Waals surface area contributed by atoms with Crippen LogP contribution in [-0.2, 0) is 26.1 Å². The molecule has 0 aromatic carbocycles. The Morgan fingerprint density at radius 1 is 1.39 bits per heavy atom. The predicted octanol–water partition coefficient (Wildman–Crippen LogP) is 1.84. The molecule has 0 spiro atoms. The molecule has 2 aromatic rings. The van der Waals surface area contributed by atoms with Crippen molar-refractivity contribution in [3.63, 3.8) is 0 Å². The summed E-state index contributed by atoms with van der Waals surface area (Å²) in [5, 5.41) is 23.6. The van der Waals surface area contributed by atoms with Crippen molar-refractivity contribution in [2.45, 2.75) is 46.9 Å². The number of aliphatic hydroxyl groups is 1. The molecule has 2 aromatic heterocycles. The van der Waals surface area contributed by atoms with Crippen molar-refractivity contribution in [3.8, 4) is 6.07 Å². The van der Waals surface area contributed by atoms with Gasteiger partial charge in [0.15, 0.2) is 0 Å². The van der Waals surface area contributed by atoms with E-state index in [1.807, 2.05) is 24.6 Å². The third-order valence-corrected chi connectivity index (χ3v) is 4.40. The summed E-state index contributed by atoms with van der Waals surface area (Å²) in [4.78, 5) is 6.72. The van der Waals surface area contributed by atoms with Gasteiger partial charge < -0.3 is 10.0 Å². The molecule has 6 nitrogen and oxygen atoms in total. The van der Waals surface area contributed by atoms with Crippen LogP contribution in [0.3, 0.4) is 0 Å². The van der Waals surface area contributed by atoms with Crippen LogP contribution in [0.5, 0.6) is 0 Å². The minimum absolute atomic E-state index is 0.0610. The van der Waals surface area contributed by atoms with Gasteiger partial charge in [-0.3, -0.25) is 4.68 Å². The lowest BCUT2D eigenvalue weighted by Crippen LogP contribution is -2.33. The molecule has 0 atom stereocenters. The number of aromatic nitrogens is 3. The maximum absolute atomic E-state index is 9.59. The molecule has 1 aliphatic heterocycles. The number of nitriles is 1. The van der Waals surface area contributed by atoms with Crippen molar-refractivity contribution in [3.05, 3.63) is 39.8 Å². The van der Waals surface area contributed by atoms with Crippen molar-refractivity contribution < 1.29 is 5.11 Å². The van der Waals surface area contributed by atoms with Crippen LogP contribution in [0.2, 0.25) is 0 Å². The lowest BCUT2D eigenvalue weighted by molar-refractivity contribution is 0.274. The van der Waals surface area contributed by atoms with Crippen LogP contribution in [0.4, 0.5) is 5.82 Å². The van der Waals surface area contributed by atoms with Crippen molar-refractivity contribution in [1.82, 2.24) is 14.8 Å². The molecule has 0 aliphatic carbocycles. The van der Waals surface area contributed by atoms with Gasteiger partial charge in [-0.25, -0.2) is 4.98 Å². The van der Waals surface area contributed by atoms with Gasteiger partial charge in [0.2, 0.25) is 0 Å². The summed E-state index contributed by atoms with van der Waals surface area (Å²) in [5.74, 6) is 0.740. The fraction of sp³-hybridized carbons (Fsp3) is 0.471. The fourth-order valence-corrected chi connectivity index (χ4v) is 3.32. The van der Waals surface area contributed by atoms with Crippen molar-refractivity contribution in [1.29, 1.82) is 5.26 Å². The Morgan fingerprint density at radius 2 is 2.17 bits per heavy atom. The second-order valence-electron chi connectivity index (χ2n) is 5.91. The minimum Gasteiger partial charge on any atom is -0.390 e. The zero-order valence-electron chi connectivity index (χ0n) is 13.8. The Balaban J connectivity index is 2.03. The Labute approximate surface area is 136 Å². The van der Waals surface area contributed by atoms with Crippen molar-refractivity contribution >= 4 is 5.82 Å². The van der Waals surface area contributed by atoms with Crippen LogP contribution in [0.1, 0.15) is 40.7 Å². The van der Waals surface area contributed by atoms with Gasteiger partial charge in [-0.1, -0.05) is 0 Å². The maximum atomic E-state index is 9.59. The summed E-state index contributed by atoms with van der Waals surface area (Å²) in [6.07, 6.45) is 0.843. The molecule has 0 fully saturated rings. The predicted molar refractivity (Wildman–Crippen MR) is 87.0 cm³/mol. The molecule has 0 bridgehead atoms. The van der Waals surface area contributed by atoms with Gasteiger partial charge in [0.1, 0.15) is 11.9 Å². The molecular weight excluding hydrogens is 290 g/mol. The van der Waals surface area contributed by atoms with E-state index in [4.69, 9.17) is 0 Å². The number of aliphatic hydroxyl groups excluding tert-OH is 1. The Hall–Kier alpha value is -2.39. The van der Waals surface area contributed by atoms with Crippen LogP contribution in [0.15, 0.2) is 6.07 Å². The first-order valence-corrected chi connectivity index (χ1v) is 7.90. The lowest BCUT2D eigenvalue weighted by atomic mass is 10.0.